The number of nitrogens with one attached hydrogen (secondary N) is 1. The minimum Gasteiger partial charge on any atom is -0.465 e. The summed E-state index contributed by atoms with van der Waals surface area (Å²) in [6.45, 7) is 1.69. The van der Waals surface area contributed by atoms with Gasteiger partial charge in [0.15, 0.2) is 0 Å². The van der Waals surface area contributed by atoms with Crippen molar-refractivity contribution in [3.8, 4) is 5.75 Å². The van der Waals surface area contributed by atoms with Crippen LogP contribution in [-0.2, 0) is 34.0 Å². The average molecular weight is 388 g/mol. The first-order chi connectivity index (χ1) is 13.4. The Balaban J connectivity index is 2.27. The molecule has 0 fully saturated rings. The van der Waals surface area contributed by atoms with Crippen molar-refractivity contribution >= 4 is 17.8 Å². The molecule has 1 aromatic carbocycles. The number of hydrogen-bond acceptors (Lipinski definition) is 8. The van der Waals surface area contributed by atoms with Crippen molar-refractivity contribution in [2.24, 2.45) is 5.73 Å². The molecule has 1 aromatic rings. The highest BCUT2D eigenvalue weighted by Crippen LogP contribution is 2.51. The van der Waals surface area contributed by atoms with Crippen molar-refractivity contribution in [3.63, 3.8) is 0 Å². The minimum atomic E-state index is -1.85. The van der Waals surface area contributed by atoms with Crippen LogP contribution in [0.15, 0.2) is 47.0 Å². The van der Waals surface area contributed by atoms with Gasteiger partial charge in [-0.3, -0.25) is 4.79 Å². The predicted octanol–water partition coefficient (Wildman–Crippen LogP) is 0.254. The van der Waals surface area contributed by atoms with E-state index in [1.54, 1.807) is 31.2 Å². The molecule has 2 aliphatic rings. The first-order valence-electron chi connectivity index (χ1n) is 8.44. The molecule has 1 unspecified atom stereocenters. The molecule has 28 heavy (non-hydrogen) atoms. The summed E-state index contributed by atoms with van der Waals surface area (Å²) in [5.41, 5.74) is 4.36. The topological polar surface area (TPSA) is 126 Å². The third-order valence-corrected chi connectivity index (χ3v) is 4.64. The van der Waals surface area contributed by atoms with Crippen molar-refractivity contribution in [1.82, 2.24) is 5.32 Å². The molecule has 1 atom stereocenters. The van der Waals surface area contributed by atoms with Gasteiger partial charge in [-0.2, -0.15) is 0 Å². The van der Waals surface area contributed by atoms with Crippen LogP contribution in [0.5, 0.6) is 5.75 Å². The van der Waals surface area contributed by atoms with Crippen LogP contribution in [0.1, 0.15) is 12.5 Å². The van der Waals surface area contributed by atoms with Gasteiger partial charge < -0.3 is 30.0 Å². The Morgan fingerprint density at radius 3 is 2.54 bits per heavy atom. The maximum atomic E-state index is 13.2. The lowest BCUT2D eigenvalue weighted by atomic mass is 9.67. The maximum Gasteiger partial charge on any atom is 0.340 e. The van der Waals surface area contributed by atoms with Gasteiger partial charge in [-0.1, -0.05) is 18.2 Å². The Hall–Kier alpha value is -3.33. The number of para-hydroxylation sites is 1. The largest absolute Gasteiger partial charge is 0.465 e. The number of allylic oxidation sites excluding steroid dienone is 1. The van der Waals surface area contributed by atoms with E-state index in [0.29, 0.717) is 0 Å². The van der Waals surface area contributed by atoms with Gasteiger partial charge >= 0.3 is 11.9 Å². The number of methoxy groups -OCH3 is 2. The quantitative estimate of drug-likeness (QED) is 0.543. The normalized spacial score (nSPS) is 20.6. The Labute approximate surface area is 161 Å². The lowest BCUT2D eigenvalue weighted by Gasteiger charge is -2.35. The number of carbonyl (C=O) groups is 3. The Morgan fingerprint density at radius 2 is 1.86 bits per heavy atom. The van der Waals surface area contributed by atoms with Crippen molar-refractivity contribution < 1.29 is 33.3 Å². The maximum absolute atomic E-state index is 13.2. The van der Waals surface area contributed by atoms with E-state index >= 15 is 0 Å². The summed E-state index contributed by atoms with van der Waals surface area (Å²) >= 11 is 0. The molecule has 9 nitrogen and oxygen atoms in total. The summed E-state index contributed by atoms with van der Waals surface area (Å²) in [5, 5.41) is 2.62. The molecule has 0 saturated carbocycles. The molecule has 2 aliphatic heterocycles. The number of ether oxygens (including phenoxy) is 4. The van der Waals surface area contributed by atoms with E-state index in [9.17, 15) is 14.4 Å². The molecule has 0 saturated heterocycles. The fourth-order valence-corrected chi connectivity index (χ4v) is 3.52. The van der Waals surface area contributed by atoms with Crippen LogP contribution >= 0.6 is 0 Å². The van der Waals surface area contributed by atoms with E-state index in [-0.39, 0.29) is 47.3 Å². The minimum absolute atomic E-state index is 0.0265. The second-order valence-electron chi connectivity index (χ2n) is 6.16. The van der Waals surface area contributed by atoms with Crippen LogP contribution in [0.2, 0.25) is 0 Å². The standard InChI is InChI=1S/C19H20N2O7/c1-10-13(17(23)27-9-8-25-2)19(18(24)21-10)11-6-4-5-7-12(11)28-15(20)14(19)16(22)26-3/h4-7H,8-9,20H2,1-3H3,(H,21,24). The highest BCUT2D eigenvalue weighted by molar-refractivity contribution is 6.17. The average Bonchev–Trinajstić information content (AvgIpc) is 2.92. The zero-order valence-electron chi connectivity index (χ0n) is 15.7. The van der Waals surface area contributed by atoms with E-state index in [1.807, 2.05) is 0 Å². The Bertz CT molecular complexity index is 919. The zero-order valence-corrected chi connectivity index (χ0v) is 15.7. The summed E-state index contributed by atoms with van der Waals surface area (Å²) in [6, 6.07) is 6.52. The first-order valence-corrected chi connectivity index (χ1v) is 8.44. The number of fused-ring (bicyclic) bond motifs is 2. The number of esters is 2. The fourth-order valence-electron chi connectivity index (χ4n) is 3.52. The number of rotatable bonds is 5. The molecule has 148 valence electrons. The SMILES string of the molecule is COCCOC(=O)C1=C(C)NC(=O)C12C(C(=O)OC)=C(N)Oc1ccccc12. The Morgan fingerprint density at radius 1 is 1.14 bits per heavy atom. The number of benzene rings is 1. The number of nitrogens with two attached hydrogens (primary N) is 1. The van der Waals surface area contributed by atoms with E-state index in [4.69, 9.17) is 24.7 Å². The van der Waals surface area contributed by atoms with E-state index in [1.165, 1.54) is 7.11 Å². The second kappa shape index (κ2) is 7.35. The van der Waals surface area contributed by atoms with Gasteiger partial charge in [-0.15, -0.1) is 0 Å². The van der Waals surface area contributed by atoms with Gasteiger partial charge in [-0.25, -0.2) is 9.59 Å². The number of amides is 1. The summed E-state index contributed by atoms with van der Waals surface area (Å²) in [7, 11) is 2.62. The monoisotopic (exact) mass is 388 g/mol. The molecule has 0 radical (unpaired) electrons. The lowest BCUT2D eigenvalue weighted by molar-refractivity contribution is -0.142. The van der Waals surface area contributed by atoms with E-state index in [2.05, 4.69) is 5.32 Å². The Kier molecular flexibility index (Phi) is 5.10. The predicted molar refractivity (Wildman–Crippen MR) is 95.7 cm³/mol. The van der Waals surface area contributed by atoms with Gasteiger partial charge in [-0.05, 0) is 13.0 Å². The van der Waals surface area contributed by atoms with Gasteiger partial charge in [0.25, 0.3) is 0 Å². The fraction of sp³-hybridized carbons (Fsp3) is 0.316. The molecular formula is C19H20N2O7. The zero-order chi connectivity index (χ0) is 20.5. The van der Waals surface area contributed by atoms with Gasteiger partial charge in [0.1, 0.15) is 23.3 Å². The van der Waals surface area contributed by atoms with Crippen molar-refractivity contribution in [2.45, 2.75) is 12.3 Å². The molecular weight excluding hydrogens is 368 g/mol. The van der Waals surface area contributed by atoms with Crippen LogP contribution < -0.4 is 15.8 Å². The van der Waals surface area contributed by atoms with Crippen molar-refractivity contribution in [1.29, 1.82) is 0 Å². The smallest absolute Gasteiger partial charge is 0.340 e. The van der Waals surface area contributed by atoms with Crippen LogP contribution in [-0.4, -0.2) is 45.3 Å². The lowest BCUT2D eigenvalue weighted by Crippen LogP contribution is -2.49. The van der Waals surface area contributed by atoms with E-state index < -0.39 is 23.3 Å². The molecule has 3 rings (SSSR count). The van der Waals surface area contributed by atoms with Crippen LogP contribution in [0, 0.1) is 0 Å². The van der Waals surface area contributed by atoms with Crippen LogP contribution in [0.3, 0.4) is 0 Å². The number of hydrogen-bond donors (Lipinski definition) is 2. The molecule has 9 heteroatoms. The molecule has 0 aromatic heterocycles. The van der Waals surface area contributed by atoms with Gasteiger partial charge in [0.05, 0.1) is 19.3 Å². The summed E-state index contributed by atoms with van der Waals surface area (Å²) in [5.74, 6) is -2.36. The molecule has 1 spiro atoms. The van der Waals surface area contributed by atoms with Crippen molar-refractivity contribution in [3.05, 3.63) is 52.6 Å². The summed E-state index contributed by atoms with van der Waals surface area (Å²) in [6.07, 6.45) is 0. The molecule has 0 aliphatic carbocycles. The van der Waals surface area contributed by atoms with Gasteiger partial charge in [0.2, 0.25) is 11.8 Å². The van der Waals surface area contributed by atoms with Crippen molar-refractivity contribution in [2.75, 3.05) is 27.4 Å². The molecule has 0 bridgehead atoms. The second-order valence-corrected chi connectivity index (χ2v) is 6.16. The third kappa shape index (κ3) is 2.71. The van der Waals surface area contributed by atoms with E-state index in [0.717, 1.165) is 7.11 Å². The first kappa shape index (κ1) is 19.4. The van der Waals surface area contributed by atoms with Crippen LogP contribution in [0.4, 0.5) is 0 Å². The molecule has 2 heterocycles. The summed E-state index contributed by atoms with van der Waals surface area (Å²) in [4.78, 5) is 38.8. The molecule has 3 N–H and O–H groups in total. The highest BCUT2D eigenvalue weighted by Gasteiger charge is 2.61. The summed E-state index contributed by atoms with van der Waals surface area (Å²) < 4.78 is 20.5. The highest BCUT2D eigenvalue weighted by atomic mass is 16.6. The number of carbonyl (C=O) groups excluding carboxylic acids is 3. The molecule has 1 amide bonds. The van der Waals surface area contributed by atoms with Crippen LogP contribution in [0.25, 0.3) is 0 Å². The van der Waals surface area contributed by atoms with Gasteiger partial charge in [0, 0.05) is 18.4 Å². The third-order valence-electron chi connectivity index (χ3n) is 4.64.